The number of halogens is 1. The standard InChI is InChI=1S/C16H19ClN2O2/c1-4-19(10-16(2,3)21)15(20)12-5-7-13-11(9-12)6-8-14(17)18-13/h5-9,21H,4,10H2,1-3H3. The Hall–Kier alpha value is -1.65. The summed E-state index contributed by atoms with van der Waals surface area (Å²) >= 11 is 5.85. The van der Waals surface area contributed by atoms with E-state index in [0.29, 0.717) is 23.8 Å². The minimum absolute atomic E-state index is 0.100. The quantitative estimate of drug-likeness (QED) is 0.883. The molecule has 1 amide bonds. The van der Waals surface area contributed by atoms with Crippen molar-refractivity contribution in [1.82, 2.24) is 9.88 Å². The second-order valence-corrected chi connectivity index (χ2v) is 6.06. The molecule has 0 aliphatic heterocycles. The summed E-state index contributed by atoms with van der Waals surface area (Å²) in [7, 11) is 0. The number of benzene rings is 1. The molecule has 1 aromatic carbocycles. The number of carbonyl (C=O) groups is 1. The number of likely N-dealkylation sites (N-methyl/N-ethyl adjacent to an activating group) is 1. The predicted octanol–water partition coefficient (Wildman–Crippen LogP) is 3.12. The molecule has 21 heavy (non-hydrogen) atoms. The van der Waals surface area contributed by atoms with E-state index in [0.717, 1.165) is 10.9 Å². The number of aromatic nitrogens is 1. The number of fused-ring (bicyclic) bond motifs is 1. The molecule has 1 heterocycles. The maximum Gasteiger partial charge on any atom is 0.253 e. The largest absolute Gasteiger partial charge is 0.389 e. The lowest BCUT2D eigenvalue weighted by atomic mass is 10.1. The zero-order valence-electron chi connectivity index (χ0n) is 12.4. The molecule has 0 fully saturated rings. The van der Waals surface area contributed by atoms with E-state index in [4.69, 9.17) is 11.6 Å². The second-order valence-electron chi connectivity index (χ2n) is 5.67. The first-order chi connectivity index (χ1) is 9.80. The number of nitrogens with zero attached hydrogens (tertiary/aromatic N) is 2. The Labute approximate surface area is 129 Å². The van der Waals surface area contributed by atoms with Crippen LogP contribution in [-0.2, 0) is 0 Å². The van der Waals surface area contributed by atoms with Gasteiger partial charge >= 0.3 is 0 Å². The van der Waals surface area contributed by atoms with E-state index in [2.05, 4.69) is 4.98 Å². The summed E-state index contributed by atoms with van der Waals surface area (Å²) in [6, 6.07) is 8.86. The van der Waals surface area contributed by atoms with Gasteiger partial charge in [-0.1, -0.05) is 11.6 Å². The molecule has 0 aliphatic rings. The maximum atomic E-state index is 12.5. The zero-order chi connectivity index (χ0) is 15.6. The van der Waals surface area contributed by atoms with Crippen LogP contribution in [0.1, 0.15) is 31.1 Å². The number of hydrogen-bond acceptors (Lipinski definition) is 3. The molecular weight excluding hydrogens is 288 g/mol. The summed E-state index contributed by atoms with van der Waals surface area (Å²) in [5, 5.41) is 11.2. The third kappa shape index (κ3) is 3.93. The van der Waals surface area contributed by atoms with Crippen molar-refractivity contribution >= 4 is 28.4 Å². The predicted molar refractivity (Wildman–Crippen MR) is 84.6 cm³/mol. The van der Waals surface area contributed by atoms with E-state index in [1.54, 1.807) is 43.0 Å². The Morgan fingerprint density at radius 3 is 2.67 bits per heavy atom. The minimum atomic E-state index is -0.919. The molecule has 0 saturated heterocycles. The number of amides is 1. The molecule has 0 radical (unpaired) electrons. The summed E-state index contributed by atoms with van der Waals surface area (Å²) in [6.07, 6.45) is 0. The highest BCUT2D eigenvalue weighted by molar-refractivity contribution is 6.29. The molecule has 2 aromatic rings. The molecule has 1 aromatic heterocycles. The number of hydrogen-bond donors (Lipinski definition) is 1. The van der Waals surface area contributed by atoms with Gasteiger partial charge in [-0.05, 0) is 51.1 Å². The normalized spacial score (nSPS) is 11.7. The van der Waals surface area contributed by atoms with Crippen molar-refractivity contribution in [3.63, 3.8) is 0 Å². The van der Waals surface area contributed by atoms with Gasteiger partial charge in [0, 0.05) is 24.0 Å². The van der Waals surface area contributed by atoms with Crippen LogP contribution in [0.4, 0.5) is 0 Å². The van der Waals surface area contributed by atoms with Crippen LogP contribution in [0.25, 0.3) is 10.9 Å². The molecule has 0 atom stereocenters. The van der Waals surface area contributed by atoms with E-state index in [-0.39, 0.29) is 5.91 Å². The number of aliphatic hydroxyl groups is 1. The summed E-state index contributed by atoms with van der Waals surface area (Å²) in [4.78, 5) is 18.4. The van der Waals surface area contributed by atoms with Gasteiger partial charge in [-0.3, -0.25) is 4.79 Å². The van der Waals surface area contributed by atoms with Gasteiger partial charge in [-0.15, -0.1) is 0 Å². The van der Waals surface area contributed by atoms with Crippen molar-refractivity contribution < 1.29 is 9.90 Å². The van der Waals surface area contributed by atoms with Crippen molar-refractivity contribution in [3.8, 4) is 0 Å². The van der Waals surface area contributed by atoms with Gasteiger partial charge in [0.15, 0.2) is 0 Å². The van der Waals surface area contributed by atoms with Crippen LogP contribution < -0.4 is 0 Å². The fourth-order valence-electron chi connectivity index (χ4n) is 2.21. The van der Waals surface area contributed by atoms with Gasteiger partial charge in [-0.25, -0.2) is 4.98 Å². The lowest BCUT2D eigenvalue weighted by Crippen LogP contribution is -2.42. The van der Waals surface area contributed by atoms with Crippen LogP contribution in [0.5, 0.6) is 0 Å². The first kappa shape index (κ1) is 15.7. The van der Waals surface area contributed by atoms with Crippen molar-refractivity contribution in [3.05, 3.63) is 41.0 Å². The Balaban J connectivity index is 2.32. The van der Waals surface area contributed by atoms with E-state index >= 15 is 0 Å². The summed E-state index contributed by atoms with van der Waals surface area (Å²) in [5.74, 6) is -0.100. The Bertz CT molecular complexity index is 665. The topological polar surface area (TPSA) is 53.4 Å². The third-order valence-electron chi connectivity index (χ3n) is 3.15. The first-order valence-electron chi connectivity index (χ1n) is 6.88. The van der Waals surface area contributed by atoms with Gasteiger partial charge in [-0.2, -0.15) is 0 Å². The smallest absolute Gasteiger partial charge is 0.253 e. The van der Waals surface area contributed by atoms with Crippen molar-refractivity contribution in [1.29, 1.82) is 0 Å². The zero-order valence-corrected chi connectivity index (χ0v) is 13.2. The SMILES string of the molecule is CCN(CC(C)(C)O)C(=O)c1ccc2nc(Cl)ccc2c1. The van der Waals surface area contributed by atoms with Crippen LogP contribution in [0.3, 0.4) is 0 Å². The highest BCUT2D eigenvalue weighted by Gasteiger charge is 2.22. The van der Waals surface area contributed by atoms with Gasteiger partial charge in [0.05, 0.1) is 11.1 Å². The van der Waals surface area contributed by atoms with Gasteiger partial charge in [0.25, 0.3) is 5.91 Å². The Kier molecular flexibility index (Phi) is 4.49. The number of rotatable bonds is 4. The van der Waals surface area contributed by atoms with Gasteiger partial charge < -0.3 is 10.0 Å². The lowest BCUT2D eigenvalue weighted by Gasteiger charge is -2.28. The van der Waals surface area contributed by atoms with E-state index in [9.17, 15) is 9.90 Å². The van der Waals surface area contributed by atoms with Crippen LogP contribution in [-0.4, -0.2) is 39.6 Å². The molecule has 2 rings (SSSR count). The van der Waals surface area contributed by atoms with Crippen LogP contribution >= 0.6 is 11.6 Å². The molecule has 112 valence electrons. The summed E-state index contributed by atoms with van der Waals surface area (Å²) in [5.41, 5.74) is 0.416. The molecule has 5 heteroatoms. The molecule has 0 bridgehead atoms. The Morgan fingerprint density at radius 2 is 2.05 bits per heavy atom. The van der Waals surface area contributed by atoms with Crippen molar-refractivity contribution in [2.75, 3.05) is 13.1 Å². The monoisotopic (exact) mass is 306 g/mol. The van der Waals surface area contributed by atoms with Crippen molar-refractivity contribution in [2.24, 2.45) is 0 Å². The average molecular weight is 307 g/mol. The molecular formula is C16H19ClN2O2. The number of carbonyl (C=O) groups excluding carboxylic acids is 1. The molecule has 1 N–H and O–H groups in total. The average Bonchev–Trinajstić information content (AvgIpc) is 2.42. The van der Waals surface area contributed by atoms with Crippen LogP contribution in [0.2, 0.25) is 5.15 Å². The second kappa shape index (κ2) is 6.00. The summed E-state index contributed by atoms with van der Waals surface area (Å²) < 4.78 is 0. The highest BCUT2D eigenvalue weighted by atomic mass is 35.5. The molecule has 0 unspecified atom stereocenters. The summed E-state index contributed by atoms with van der Waals surface area (Å²) in [6.45, 7) is 6.11. The highest BCUT2D eigenvalue weighted by Crippen LogP contribution is 2.18. The van der Waals surface area contributed by atoms with E-state index in [1.807, 2.05) is 13.0 Å². The fourth-order valence-corrected chi connectivity index (χ4v) is 2.36. The molecule has 0 saturated carbocycles. The van der Waals surface area contributed by atoms with E-state index in [1.165, 1.54) is 0 Å². The van der Waals surface area contributed by atoms with E-state index < -0.39 is 5.60 Å². The third-order valence-corrected chi connectivity index (χ3v) is 3.36. The minimum Gasteiger partial charge on any atom is -0.389 e. The fraction of sp³-hybridized carbons (Fsp3) is 0.375. The Morgan fingerprint density at radius 1 is 1.33 bits per heavy atom. The van der Waals surface area contributed by atoms with Crippen LogP contribution in [0, 0.1) is 0 Å². The molecule has 0 spiro atoms. The van der Waals surface area contributed by atoms with Gasteiger partial charge in [0.1, 0.15) is 5.15 Å². The number of pyridine rings is 1. The van der Waals surface area contributed by atoms with Crippen LogP contribution in [0.15, 0.2) is 30.3 Å². The van der Waals surface area contributed by atoms with Crippen molar-refractivity contribution in [2.45, 2.75) is 26.4 Å². The lowest BCUT2D eigenvalue weighted by molar-refractivity contribution is 0.0315. The maximum absolute atomic E-state index is 12.5. The molecule has 4 nitrogen and oxygen atoms in total. The van der Waals surface area contributed by atoms with Gasteiger partial charge in [0.2, 0.25) is 0 Å². The molecule has 0 aliphatic carbocycles. The first-order valence-corrected chi connectivity index (χ1v) is 7.26.